The molecule has 24 heavy (non-hydrogen) atoms. The Morgan fingerprint density at radius 2 is 2.12 bits per heavy atom. The average Bonchev–Trinajstić information content (AvgIpc) is 3.01. The van der Waals surface area contributed by atoms with E-state index in [0.717, 1.165) is 15.6 Å². The molecule has 1 aliphatic carbocycles. The number of thiophene rings is 1. The van der Waals surface area contributed by atoms with Crippen molar-refractivity contribution < 1.29 is 26.4 Å². The molecule has 2 rings (SSSR count). The fourth-order valence-electron chi connectivity index (χ4n) is 2.74. The van der Waals surface area contributed by atoms with Gasteiger partial charge in [0.15, 0.2) is 0 Å². The summed E-state index contributed by atoms with van der Waals surface area (Å²) in [7, 11) is -2.48. The Morgan fingerprint density at radius 3 is 2.71 bits per heavy atom. The average molecular weight is 384 g/mol. The van der Waals surface area contributed by atoms with Gasteiger partial charge in [0.25, 0.3) is 10.0 Å². The molecule has 0 saturated heterocycles. The maximum absolute atomic E-state index is 12.8. The van der Waals surface area contributed by atoms with Crippen molar-refractivity contribution in [1.29, 1.82) is 0 Å². The molecule has 1 amide bonds. The van der Waals surface area contributed by atoms with Crippen molar-refractivity contribution in [3.8, 4) is 0 Å². The van der Waals surface area contributed by atoms with Crippen LogP contribution in [0.15, 0.2) is 21.7 Å². The predicted molar refractivity (Wildman–Crippen MR) is 84.1 cm³/mol. The second kappa shape index (κ2) is 7.40. The van der Waals surface area contributed by atoms with E-state index in [2.05, 4.69) is 5.32 Å². The molecule has 0 radical (unpaired) electrons. The number of carbonyl (C=O) groups excluding carboxylic acids is 1. The lowest BCUT2D eigenvalue weighted by atomic mass is 9.85. The van der Waals surface area contributed by atoms with Crippen LogP contribution in [0.3, 0.4) is 0 Å². The zero-order chi connectivity index (χ0) is 18.0. The Kier molecular flexibility index (Phi) is 5.92. The summed E-state index contributed by atoms with van der Waals surface area (Å²) in [5.74, 6) is -2.01. The highest BCUT2D eigenvalue weighted by atomic mass is 32.2. The highest BCUT2D eigenvalue weighted by molar-refractivity contribution is 7.91. The summed E-state index contributed by atoms with van der Waals surface area (Å²) in [4.78, 5) is 12.0. The second-order valence-electron chi connectivity index (χ2n) is 5.86. The maximum atomic E-state index is 12.8. The Morgan fingerprint density at radius 1 is 1.42 bits per heavy atom. The Hall–Kier alpha value is -1.13. The van der Waals surface area contributed by atoms with Gasteiger partial charge in [-0.15, -0.1) is 11.3 Å². The van der Waals surface area contributed by atoms with Gasteiger partial charge in [-0.3, -0.25) is 4.79 Å². The van der Waals surface area contributed by atoms with Gasteiger partial charge < -0.3 is 5.32 Å². The van der Waals surface area contributed by atoms with Gasteiger partial charge in [0.2, 0.25) is 5.91 Å². The molecule has 0 unspecified atom stereocenters. The Labute approximate surface area is 142 Å². The summed E-state index contributed by atoms with van der Waals surface area (Å²) in [6.45, 7) is -0.423. The van der Waals surface area contributed by atoms with Crippen LogP contribution in [-0.2, 0) is 14.8 Å². The smallest absolute Gasteiger partial charge is 0.352 e. The maximum Gasteiger partial charge on any atom is 0.391 e. The molecule has 10 heteroatoms. The van der Waals surface area contributed by atoms with Gasteiger partial charge in [-0.1, -0.05) is 12.5 Å². The zero-order valence-corrected chi connectivity index (χ0v) is 14.7. The summed E-state index contributed by atoms with van der Waals surface area (Å²) < 4.78 is 63.8. The third-order valence-electron chi connectivity index (χ3n) is 4.03. The van der Waals surface area contributed by atoms with Crippen LogP contribution in [0.2, 0.25) is 0 Å². The number of carbonyl (C=O) groups is 1. The highest BCUT2D eigenvalue weighted by Gasteiger charge is 2.42. The third kappa shape index (κ3) is 4.70. The fraction of sp³-hybridized carbons (Fsp3) is 0.643. The van der Waals surface area contributed by atoms with Crippen molar-refractivity contribution in [3.05, 3.63) is 17.5 Å². The predicted octanol–water partition coefficient (Wildman–Crippen LogP) is 2.61. The van der Waals surface area contributed by atoms with E-state index in [-0.39, 0.29) is 17.1 Å². The molecule has 0 aliphatic heterocycles. The summed E-state index contributed by atoms with van der Waals surface area (Å²) >= 11 is 1.04. The first-order valence-electron chi connectivity index (χ1n) is 7.46. The lowest BCUT2D eigenvalue weighted by molar-refractivity contribution is -0.184. The fourth-order valence-corrected chi connectivity index (χ4v) is 5.07. The molecule has 1 aromatic heterocycles. The van der Waals surface area contributed by atoms with E-state index >= 15 is 0 Å². The normalized spacial score (nSPS) is 22.5. The summed E-state index contributed by atoms with van der Waals surface area (Å²) in [5, 5.41) is 4.14. The van der Waals surface area contributed by atoms with Crippen molar-refractivity contribution in [2.24, 2.45) is 5.92 Å². The number of sulfonamides is 1. The molecule has 1 fully saturated rings. The summed E-state index contributed by atoms with van der Waals surface area (Å²) in [6.07, 6.45) is -3.49. The van der Waals surface area contributed by atoms with Crippen molar-refractivity contribution in [2.75, 3.05) is 13.6 Å². The zero-order valence-electron chi connectivity index (χ0n) is 13.0. The van der Waals surface area contributed by atoms with E-state index in [9.17, 15) is 26.4 Å². The van der Waals surface area contributed by atoms with Crippen LogP contribution in [0.5, 0.6) is 0 Å². The van der Waals surface area contributed by atoms with Crippen molar-refractivity contribution in [3.63, 3.8) is 0 Å². The molecule has 2 atom stereocenters. The molecule has 0 aromatic carbocycles. The molecule has 1 aromatic rings. The van der Waals surface area contributed by atoms with E-state index in [1.54, 1.807) is 11.4 Å². The summed E-state index contributed by atoms with van der Waals surface area (Å²) in [6, 6.07) is 2.45. The first-order valence-corrected chi connectivity index (χ1v) is 9.78. The number of halogens is 3. The number of hydrogen-bond acceptors (Lipinski definition) is 4. The van der Waals surface area contributed by atoms with Crippen molar-refractivity contribution in [2.45, 2.75) is 42.1 Å². The van der Waals surface area contributed by atoms with Crippen LogP contribution in [0, 0.1) is 5.92 Å². The molecular weight excluding hydrogens is 365 g/mol. The molecular formula is C14H19F3N2O3S2. The number of alkyl halides is 3. The Balaban J connectivity index is 1.91. The summed E-state index contributed by atoms with van der Waals surface area (Å²) in [5.41, 5.74) is 0. The molecule has 1 heterocycles. The van der Waals surface area contributed by atoms with Gasteiger partial charge in [0, 0.05) is 13.1 Å². The number of nitrogens with zero attached hydrogens (tertiary/aromatic N) is 1. The number of likely N-dealkylation sites (N-methyl/N-ethyl adjacent to an activating group) is 1. The van der Waals surface area contributed by atoms with Gasteiger partial charge in [-0.2, -0.15) is 17.5 Å². The minimum Gasteiger partial charge on any atom is -0.352 e. The van der Waals surface area contributed by atoms with E-state index < -0.39 is 40.6 Å². The first kappa shape index (κ1) is 19.2. The molecule has 1 saturated carbocycles. The van der Waals surface area contributed by atoms with Gasteiger partial charge in [0.1, 0.15) is 4.21 Å². The van der Waals surface area contributed by atoms with E-state index in [0.29, 0.717) is 12.8 Å². The first-order chi connectivity index (χ1) is 11.1. The van der Waals surface area contributed by atoms with E-state index in [4.69, 9.17) is 0 Å². The largest absolute Gasteiger partial charge is 0.391 e. The number of nitrogens with one attached hydrogen (secondary N) is 1. The van der Waals surface area contributed by atoms with Crippen LogP contribution in [0.25, 0.3) is 0 Å². The van der Waals surface area contributed by atoms with Gasteiger partial charge in [0.05, 0.1) is 12.5 Å². The minimum atomic E-state index is -4.26. The van der Waals surface area contributed by atoms with Gasteiger partial charge in [-0.05, 0) is 30.7 Å². The van der Waals surface area contributed by atoms with Crippen molar-refractivity contribution in [1.82, 2.24) is 9.62 Å². The van der Waals surface area contributed by atoms with Gasteiger partial charge >= 0.3 is 6.18 Å². The van der Waals surface area contributed by atoms with E-state index in [1.165, 1.54) is 13.1 Å². The number of hydrogen-bond donors (Lipinski definition) is 1. The molecule has 0 spiro atoms. The van der Waals surface area contributed by atoms with Crippen LogP contribution in [0.1, 0.15) is 25.7 Å². The quantitative estimate of drug-likeness (QED) is 0.849. The topological polar surface area (TPSA) is 66.5 Å². The molecule has 5 nitrogen and oxygen atoms in total. The minimum absolute atomic E-state index is 0.0720. The molecule has 1 aliphatic rings. The standard InChI is InChI=1S/C14H19F3N2O3S2/c1-19(24(21,22)13-6-3-7-23-13)9-12(20)18-11-5-2-4-10(8-11)14(15,16)17/h3,6-7,10-11H,2,4-5,8-9H2,1H3,(H,18,20)/t10-,11-/m1/s1. The Bertz CT molecular complexity index is 659. The highest BCUT2D eigenvalue weighted by Crippen LogP contribution is 2.37. The molecule has 136 valence electrons. The third-order valence-corrected chi connectivity index (χ3v) is 7.20. The van der Waals surface area contributed by atoms with Crippen LogP contribution < -0.4 is 5.32 Å². The SMILES string of the molecule is CN(CC(=O)N[C@@H]1CCC[C@@H](C(F)(F)F)C1)S(=O)(=O)c1cccs1. The van der Waals surface area contributed by atoms with Crippen LogP contribution in [-0.4, -0.2) is 44.4 Å². The lowest BCUT2D eigenvalue weighted by Gasteiger charge is -2.31. The lowest BCUT2D eigenvalue weighted by Crippen LogP contribution is -2.45. The van der Waals surface area contributed by atoms with Crippen LogP contribution >= 0.6 is 11.3 Å². The van der Waals surface area contributed by atoms with E-state index in [1.807, 2.05) is 0 Å². The molecule has 1 N–H and O–H groups in total. The monoisotopic (exact) mass is 384 g/mol. The molecule has 0 bridgehead atoms. The number of rotatable bonds is 5. The van der Waals surface area contributed by atoms with Crippen LogP contribution in [0.4, 0.5) is 13.2 Å². The van der Waals surface area contributed by atoms with Crippen molar-refractivity contribution >= 4 is 27.3 Å². The second-order valence-corrected chi connectivity index (χ2v) is 9.08. The number of amides is 1. The van der Waals surface area contributed by atoms with Gasteiger partial charge in [-0.25, -0.2) is 8.42 Å².